The summed E-state index contributed by atoms with van der Waals surface area (Å²) in [6.45, 7) is 0.932. The van der Waals surface area contributed by atoms with Gasteiger partial charge in [-0.1, -0.05) is 30.4 Å². The van der Waals surface area contributed by atoms with Gasteiger partial charge in [0, 0.05) is 11.1 Å². The molecule has 0 radical (unpaired) electrons. The van der Waals surface area contributed by atoms with Crippen LogP contribution >= 0.6 is 11.3 Å². The summed E-state index contributed by atoms with van der Waals surface area (Å²) >= 11 is 1.85. The fourth-order valence-corrected chi connectivity index (χ4v) is 3.01. The highest BCUT2D eigenvalue weighted by Gasteiger charge is 2.05. The normalized spacial score (nSPS) is 18.1. The van der Waals surface area contributed by atoms with Crippen LogP contribution in [0.4, 0.5) is 0 Å². The number of aliphatic imine (C=N–C) groups is 1. The standard InChI is InChI=1S/C14H13NS/c1-2-6-11-10-14(16-13(11)8-3-1)12-7-4-5-9-15-12/h1-2,4,6-8,10H,3,5,9H2. The van der Waals surface area contributed by atoms with Gasteiger partial charge in [-0.05, 0) is 30.2 Å². The number of hydrogen-bond donors (Lipinski definition) is 0. The lowest BCUT2D eigenvalue weighted by Gasteiger charge is -2.02. The second-order valence-electron chi connectivity index (χ2n) is 3.92. The van der Waals surface area contributed by atoms with E-state index in [1.165, 1.54) is 14.6 Å². The summed E-state index contributed by atoms with van der Waals surface area (Å²) < 4.78 is 1.38. The van der Waals surface area contributed by atoms with Gasteiger partial charge in [-0.25, -0.2) is 0 Å². The van der Waals surface area contributed by atoms with Crippen molar-refractivity contribution < 1.29 is 0 Å². The van der Waals surface area contributed by atoms with Crippen LogP contribution in [0.25, 0.3) is 12.2 Å². The lowest BCUT2D eigenvalue weighted by Crippen LogP contribution is -2.15. The predicted molar refractivity (Wildman–Crippen MR) is 71.4 cm³/mol. The molecule has 0 atom stereocenters. The maximum absolute atomic E-state index is 4.56. The van der Waals surface area contributed by atoms with Gasteiger partial charge in [0.1, 0.15) is 0 Å². The predicted octanol–water partition coefficient (Wildman–Crippen LogP) is 2.02. The van der Waals surface area contributed by atoms with Crippen molar-refractivity contribution in [1.82, 2.24) is 0 Å². The van der Waals surface area contributed by atoms with Crippen LogP contribution < -0.4 is 9.75 Å². The van der Waals surface area contributed by atoms with Crippen LogP contribution in [0.1, 0.15) is 17.7 Å². The zero-order valence-electron chi connectivity index (χ0n) is 9.02. The minimum absolute atomic E-state index is 0.932. The molecule has 0 saturated heterocycles. The fourth-order valence-electron chi connectivity index (χ4n) is 1.93. The van der Waals surface area contributed by atoms with E-state index in [2.05, 4.69) is 47.5 Å². The number of nitrogens with zero attached hydrogens (tertiary/aromatic N) is 1. The average molecular weight is 227 g/mol. The van der Waals surface area contributed by atoms with E-state index in [0.717, 1.165) is 25.1 Å². The van der Waals surface area contributed by atoms with Crippen molar-refractivity contribution >= 4 is 29.2 Å². The molecule has 1 aromatic rings. The Hall–Kier alpha value is -1.41. The molecule has 0 unspecified atom stereocenters. The van der Waals surface area contributed by atoms with E-state index >= 15 is 0 Å². The third-order valence-corrected chi connectivity index (χ3v) is 3.92. The molecular formula is C14H13NS. The average Bonchev–Trinajstić information content (AvgIpc) is 2.62. The van der Waals surface area contributed by atoms with Gasteiger partial charge in [-0.3, -0.25) is 4.99 Å². The highest BCUT2D eigenvalue weighted by atomic mass is 32.1. The van der Waals surface area contributed by atoms with E-state index in [9.17, 15) is 0 Å². The fraction of sp³-hybridized carbons (Fsp3) is 0.214. The van der Waals surface area contributed by atoms with E-state index in [-0.39, 0.29) is 0 Å². The number of allylic oxidation sites excluding steroid dienone is 3. The molecule has 1 aromatic heterocycles. The van der Waals surface area contributed by atoms with Gasteiger partial charge in [-0.2, -0.15) is 0 Å². The molecule has 16 heavy (non-hydrogen) atoms. The molecular weight excluding hydrogens is 214 g/mol. The van der Waals surface area contributed by atoms with Crippen molar-refractivity contribution in [2.45, 2.75) is 12.8 Å². The molecule has 2 heteroatoms. The van der Waals surface area contributed by atoms with E-state index in [1.54, 1.807) is 0 Å². The molecule has 80 valence electrons. The highest BCUT2D eigenvalue weighted by Crippen LogP contribution is 2.09. The first-order valence-electron chi connectivity index (χ1n) is 5.62. The molecule has 0 aromatic carbocycles. The summed E-state index contributed by atoms with van der Waals surface area (Å²) in [5, 5.41) is 1.33. The van der Waals surface area contributed by atoms with Crippen molar-refractivity contribution in [2.24, 2.45) is 4.99 Å². The van der Waals surface area contributed by atoms with Crippen LogP contribution in [0.5, 0.6) is 0 Å². The molecule has 1 nitrogen and oxygen atoms in total. The topological polar surface area (TPSA) is 12.4 Å². The van der Waals surface area contributed by atoms with Crippen molar-refractivity contribution in [1.29, 1.82) is 0 Å². The lowest BCUT2D eigenvalue weighted by atomic mass is 10.2. The molecule has 0 saturated carbocycles. The van der Waals surface area contributed by atoms with Crippen molar-refractivity contribution in [3.63, 3.8) is 0 Å². The third-order valence-electron chi connectivity index (χ3n) is 2.75. The number of rotatable bonds is 1. The summed E-state index contributed by atoms with van der Waals surface area (Å²) in [5.74, 6) is 0. The minimum atomic E-state index is 0.932. The Morgan fingerprint density at radius 3 is 3.12 bits per heavy atom. The first-order chi connectivity index (χ1) is 7.93. The molecule has 1 aliphatic heterocycles. The zero-order chi connectivity index (χ0) is 10.8. The third kappa shape index (κ3) is 1.81. The molecule has 0 amide bonds. The molecule has 3 rings (SSSR count). The largest absolute Gasteiger partial charge is 0.284 e. The van der Waals surface area contributed by atoms with E-state index in [0.29, 0.717) is 0 Å². The SMILES string of the molecule is C1=CCC=c2sc(C3=NCCC=C3)cc2=C1. The smallest absolute Gasteiger partial charge is 0.0743 e. The Kier molecular flexibility index (Phi) is 2.58. The van der Waals surface area contributed by atoms with Crippen LogP contribution in [0, 0.1) is 0 Å². The van der Waals surface area contributed by atoms with Crippen molar-refractivity contribution in [3.05, 3.63) is 45.0 Å². The second-order valence-corrected chi connectivity index (χ2v) is 5.01. The summed E-state index contributed by atoms with van der Waals surface area (Å²) in [4.78, 5) is 5.86. The van der Waals surface area contributed by atoms with Crippen LogP contribution in [-0.4, -0.2) is 12.3 Å². The second kappa shape index (κ2) is 4.22. The first-order valence-corrected chi connectivity index (χ1v) is 6.43. The molecule has 0 spiro atoms. The van der Waals surface area contributed by atoms with Gasteiger partial charge in [-0.15, -0.1) is 11.3 Å². The molecule has 2 aliphatic rings. The summed E-state index contributed by atoms with van der Waals surface area (Å²) in [7, 11) is 0. The monoisotopic (exact) mass is 227 g/mol. The quantitative estimate of drug-likeness (QED) is 0.696. The zero-order valence-corrected chi connectivity index (χ0v) is 9.83. The lowest BCUT2D eigenvalue weighted by molar-refractivity contribution is 0.995. The van der Waals surface area contributed by atoms with Gasteiger partial charge in [0.25, 0.3) is 0 Å². The van der Waals surface area contributed by atoms with Gasteiger partial charge in [0.15, 0.2) is 0 Å². The summed E-state index contributed by atoms with van der Waals surface area (Å²) in [6, 6.07) is 2.25. The Morgan fingerprint density at radius 1 is 1.25 bits per heavy atom. The van der Waals surface area contributed by atoms with E-state index < -0.39 is 0 Å². The Balaban J connectivity index is 2.11. The van der Waals surface area contributed by atoms with Gasteiger partial charge >= 0.3 is 0 Å². The summed E-state index contributed by atoms with van der Waals surface area (Å²) in [5.41, 5.74) is 1.15. The van der Waals surface area contributed by atoms with Crippen molar-refractivity contribution in [2.75, 3.05) is 6.54 Å². The Bertz CT molecular complexity index is 599. The van der Waals surface area contributed by atoms with Gasteiger partial charge < -0.3 is 0 Å². The van der Waals surface area contributed by atoms with E-state index in [1.807, 2.05) is 11.3 Å². The maximum Gasteiger partial charge on any atom is 0.0743 e. The molecule has 0 fully saturated rings. The van der Waals surface area contributed by atoms with Crippen LogP contribution in [-0.2, 0) is 0 Å². The van der Waals surface area contributed by atoms with Crippen LogP contribution in [0.2, 0.25) is 0 Å². The van der Waals surface area contributed by atoms with Crippen LogP contribution in [0.3, 0.4) is 0 Å². The van der Waals surface area contributed by atoms with E-state index in [4.69, 9.17) is 0 Å². The minimum Gasteiger partial charge on any atom is -0.284 e. The maximum atomic E-state index is 4.56. The number of fused-ring (bicyclic) bond motifs is 1. The molecule has 0 N–H and O–H groups in total. The Morgan fingerprint density at radius 2 is 2.25 bits per heavy atom. The number of thiophene rings is 1. The molecule has 1 aliphatic carbocycles. The number of hydrogen-bond acceptors (Lipinski definition) is 2. The molecule has 0 bridgehead atoms. The highest BCUT2D eigenvalue weighted by molar-refractivity contribution is 7.12. The Labute approximate surface area is 98.8 Å². The summed E-state index contributed by atoms with van der Waals surface area (Å²) in [6.07, 6.45) is 15.3. The van der Waals surface area contributed by atoms with Gasteiger partial charge in [0.05, 0.1) is 10.6 Å². The van der Waals surface area contributed by atoms with Crippen molar-refractivity contribution in [3.8, 4) is 0 Å². The number of dihydropyridines is 1. The van der Waals surface area contributed by atoms with Crippen LogP contribution in [0.15, 0.2) is 35.4 Å². The first kappa shape index (κ1) is 9.79. The van der Waals surface area contributed by atoms with Gasteiger partial charge in [0.2, 0.25) is 0 Å². The molecule has 2 heterocycles.